The number of allylic oxidation sites excluding steroid dienone is 2. The SMILES string of the molecule is C/C=C/C=O.NC(N)=O. The number of nitrogens with two attached hydrogens (primary N) is 2. The molecule has 0 aliphatic heterocycles. The van der Waals surface area contributed by atoms with Crippen LogP contribution in [0.2, 0.25) is 0 Å². The van der Waals surface area contributed by atoms with E-state index in [2.05, 4.69) is 11.5 Å². The van der Waals surface area contributed by atoms with E-state index in [1.807, 2.05) is 0 Å². The Kier molecular flexibility index (Phi) is 11.6. The van der Waals surface area contributed by atoms with Crippen LogP contribution < -0.4 is 11.5 Å². The molecule has 52 valence electrons. The number of urea groups is 1. The van der Waals surface area contributed by atoms with E-state index in [0.29, 0.717) is 0 Å². The van der Waals surface area contributed by atoms with E-state index in [0.717, 1.165) is 6.29 Å². The van der Waals surface area contributed by atoms with Crippen LogP contribution in [0.3, 0.4) is 0 Å². The zero-order chi connectivity index (χ0) is 7.70. The minimum Gasteiger partial charge on any atom is -0.352 e. The lowest BCUT2D eigenvalue weighted by atomic mass is 10.6. The van der Waals surface area contributed by atoms with E-state index in [4.69, 9.17) is 4.79 Å². The van der Waals surface area contributed by atoms with Crippen molar-refractivity contribution < 1.29 is 9.59 Å². The van der Waals surface area contributed by atoms with Crippen molar-refractivity contribution in [3.8, 4) is 0 Å². The van der Waals surface area contributed by atoms with Crippen molar-refractivity contribution in [2.45, 2.75) is 6.92 Å². The molecule has 0 unspecified atom stereocenters. The van der Waals surface area contributed by atoms with Gasteiger partial charge in [-0.1, -0.05) is 6.08 Å². The maximum absolute atomic E-state index is 9.32. The zero-order valence-corrected chi connectivity index (χ0v) is 5.20. The predicted molar refractivity (Wildman–Crippen MR) is 34.6 cm³/mol. The lowest BCUT2D eigenvalue weighted by molar-refractivity contribution is -0.104. The van der Waals surface area contributed by atoms with Crippen LogP contribution in [0.15, 0.2) is 12.2 Å². The van der Waals surface area contributed by atoms with E-state index >= 15 is 0 Å². The van der Waals surface area contributed by atoms with Gasteiger partial charge in [0, 0.05) is 0 Å². The van der Waals surface area contributed by atoms with Gasteiger partial charge in [-0.05, 0) is 13.0 Å². The third-order valence-electron chi connectivity index (χ3n) is 0.271. The van der Waals surface area contributed by atoms with Crippen molar-refractivity contribution in [2.24, 2.45) is 11.5 Å². The summed E-state index contributed by atoms with van der Waals surface area (Å²) in [7, 11) is 0. The molecule has 0 aromatic rings. The maximum Gasteiger partial charge on any atom is 0.309 e. The van der Waals surface area contributed by atoms with E-state index < -0.39 is 6.03 Å². The van der Waals surface area contributed by atoms with Crippen molar-refractivity contribution in [1.82, 2.24) is 0 Å². The summed E-state index contributed by atoms with van der Waals surface area (Å²) in [6.45, 7) is 1.80. The topological polar surface area (TPSA) is 86.2 Å². The van der Waals surface area contributed by atoms with Crippen LogP contribution in [0, 0.1) is 0 Å². The van der Waals surface area contributed by atoms with E-state index in [9.17, 15) is 4.79 Å². The Hall–Kier alpha value is -1.32. The normalized spacial score (nSPS) is 7.67. The van der Waals surface area contributed by atoms with Crippen molar-refractivity contribution >= 4 is 12.3 Å². The lowest BCUT2D eigenvalue weighted by Crippen LogP contribution is -2.18. The number of primary amides is 2. The van der Waals surface area contributed by atoms with Crippen molar-refractivity contribution in [3.63, 3.8) is 0 Å². The van der Waals surface area contributed by atoms with Gasteiger partial charge in [-0.3, -0.25) is 4.79 Å². The third-order valence-corrected chi connectivity index (χ3v) is 0.271. The summed E-state index contributed by atoms with van der Waals surface area (Å²) in [6.07, 6.45) is 3.88. The molecular weight excluding hydrogens is 120 g/mol. The molecule has 0 rings (SSSR count). The van der Waals surface area contributed by atoms with Crippen LogP contribution >= 0.6 is 0 Å². The van der Waals surface area contributed by atoms with E-state index in [1.165, 1.54) is 6.08 Å². The van der Waals surface area contributed by atoms with Gasteiger partial charge in [0.25, 0.3) is 0 Å². The summed E-state index contributed by atoms with van der Waals surface area (Å²) < 4.78 is 0. The fourth-order valence-corrected chi connectivity index (χ4v) is 0.0786. The molecule has 0 heterocycles. The summed E-state index contributed by atoms with van der Waals surface area (Å²) in [5.41, 5.74) is 8.50. The Morgan fingerprint density at radius 1 is 1.44 bits per heavy atom. The maximum atomic E-state index is 9.32. The van der Waals surface area contributed by atoms with Gasteiger partial charge >= 0.3 is 6.03 Å². The number of hydrogen-bond donors (Lipinski definition) is 2. The third kappa shape index (κ3) is 316. The minimum atomic E-state index is -0.833. The van der Waals surface area contributed by atoms with Gasteiger partial charge < -0.3 is 11.5 Å². The highest BCUT2D eigenvalue weighted by Gasteiger charge is 1.60. The quantitative estimate of drug-likeness (QED) is 0.380. The molecule has 0 saturated heterocycles. The average molecular weight is 130 g/mol. The molecule has 0 radical (unpaired) electrons. The van der Waals surface area contributed by atoms with Crippen molar-refractivity contribution in [3.05, 3.63) is 12.2 Å². The summed E-state index contributed by atoms with van der Waals surface area (Å²) in [5, 5.41) is 0. The predicted octanol–water partition coefficient (Wildman–Crippen LogP) is -0.215. The highest BCUT2D eigenvalue weighted by Crippen LogP contribution is 1.55. The standard InChI is InChI=1S/C4H6O.CH4N2O/c1-2-3-4-5;2-1(3)4/h2-4H,1H3;(H4,2,3,4)/b3-2+;. The first kappa shape index (κ1) is 10.6. The van der Waals surface area contributed by atoms with Crippen molar-refractivity contribution in [2.75, 3.05) is 0 Å². The van der Waals surface area contributed by atoms with Crippen LogP contribution in [0.1, 0.15) is 6.92 Å². The molecule has 2 amide bonds. The molecule has 0 fully saturated rings. The minimum absolute atomic E-state index is 0.750. The lowest BCUT2D eigenvalue weighted by Gasteiger charge is -1.62. The first-order valence-corrected chi connectivity index (χ1v) is 2.26. The summed E-state index contributed by atoms with van der Waals surface area (Å²) in [5.74, 6) is 0. The molecule has 0 atom stereocenters. The van der Waals surface area contributed by atoms with Gasteiger partial charge in [0.2, 0.25) is 0 Å². The molecule has 9 heavy (non-hydrogen) atoms. The van der Waals surface area contributed by atoms with E-state index in [1.54, 1.807) is 13.0 Å². The van der Waals surface area contributed by atoms with Gasteiger partial charge in [-0.25, -0.2) is 4.79 Å². The van der Waals surface area contributed by atoms with Gasteiger partial charge in [-0.15, -0.1) is 0 Å². The smallest absolute Gasteiger partial charge is 0.309 e. The average Bonchev–Trinajstić information content (AvgIpc) is 1.66. The van der Waals surface area contributed by atoms with Crippen LogP contribution in [-0.2, 0) is 4.79 Å². The van der Waals surface area contributed by atoms with Crippen LogP contribution in [0.5, 0.6) is 0 Å². The molecule has 0 aromatic carbocycles. The Balaban J connectivity index is 0. The fourth-order valence-electron chi connectivity index (χ4n) is 0.0786. The molecule has 0 spiro atoms. The second-order valence-corrected chi connectivity index (χ2v) is 1.06. The Labute approximate surface area is 53.5 Å². The highest BCUT2D eigenvalue weighted by atomic mass is 16.2. The van der Waals surface area contributed by atoms with Crippen LogP contribution in [-0.4, -0.2) is 12.3 Å². The van der Waals surface area contributed by atoms with Crippen molar-refractivity contribution in [1.29, 1.82) is 0 Å². The zero-order valence-electron chi connectivity index (χ0n) is 5.20. The van der Waals surface area contributed by atoms with Gasteiger partial charge in [-0.2, -0.15) is 0 Å². The molecule has 0 aliphatic rings. The Bertz CT molecular complexity index is 106. The van der Waals surface area contributed by atoms with Crippen LogP contribution in [0.25, 0.3) is 0 Å². The molecule has 4 nitrogen and oxygen atoms in total. The molecule has 0 saturated carbocycles. The molecule has 0 aliphatic carbocycles. The Morgan fingerprint density at radius 2 is 1.78 bits per heavy atom. The fraction of sp³-hybridized carbons (Fsp3) is 0.200. The van der Waals surface area contributed by atoms with Gasteiger partial charge in [0.15, 0.2) is 0 Å². The van der Waals surface area contributed by atoms with Gasteiger partial charge in [0.05, 0.1) is 0 Å². The number of carbonyl (C=O) groups is 2. The largest absolute Gasteiger partial charge is 0.352 e. The molecule has 4 N–H and O–H groups in total. The summed E-state index contributed by atoms with van der Waals surface area (Å²) in [4.78, 5) is 18.3. The van der Waals surface area contributed by atoms with E-state index in [-0.39, 0.29) is 0 Å². The second-order valence-electron chi connectivity index (χ2n) is 1.06. The Morgan fingerprint density at radius 3 is 1.78 bits per heavy atom. The number of amides is 2. The van der Waals surface area contributed by atoms with Crippen LogP contribution in [0.4, 0.5) is 4.79 Å². The number of rotatable bonds is 1. The first-order valence-electron chi connectivity index (χ1n) is 2.26. The second kappa shape index (κ2) is 9.84. The number of hydrogen-bond acceptors (Lipinski definition) is 2. The summed E-state index contributed by atoms with van der Waals surface area (Å²) in [6, 6.07) is -0.833. The molecule has 0 aromatic heterocycles. The monoisotopic (exact) mass is 130 g/mol. The summed E-state index contributed by atoms with van der Waals surface area (Å²) >= 11 is 0. The molecule has 0 bridgehead atoms. The highest BCUT2D eigenvalue weighted by molar-refractivity contribution is 5.69. The number of aldehydes is 1. The number of carbonyl (C=O) groups excluding carboxylic acids is 2. The van der Waals surface area contributed by atoms with Gasteiger partial charge in [0.1, 0.15) is 6.29 Å². The molecular formula is C5H10N2O2. The first-order chi connectivity index (χ1) is 4.15. The molecule has 4 heteroatoms.